The van der Waals surface area contributed by atoms with Crippen molar-refractivity contribution in [3.05, 3.63) is 0 Å². The molecule has 0 aromatic heterocycles. The van der Waals surface area contributed by atoms with Gasteiger partial charge in [0, 0.05) is 13.0 Å². The molecule has 1 heterocycles. The van der Waals surface area contributed by atoms with Gasteiger partial charge in [-0.15, -0.1) is 11.6 Å². The number of β-amino-alcohol motifs (C(OH)–C–C–N with tert-alkyl or cyclic N) is 1. The summed E-state index contributed by atoms with van der Waals surface area (Å²) in [5.41, 5.74) is 0. The maximum Gasteiger partial charge on any atom is 0.238 e. The van der Waals surface area contributed by atoms with E-state index in [0.717, 1.165) is 0 Å². The zero-order chi connectivity index (χ0) is 9.14. The lowest BCUT2D eigenvalue weighted by atomic mass is 10.2. The third kappa shape index (κ3) is 1.68. The summed E-state index contributed by atoms with van der Waals surface area (Å²) >= 11 is 5.32. The topological polar surface area (TPSA) is 64.3 Å². The molecule has 5 heteroatoms. The van der Waals surface area contributed by atoms with Crippen LogP contribution in [-0.4, -0.2) is 40.5 Å². The van der Waals surface area contributed by atoms with Crippen LogP contribution < -0.4 is 0 Å². The molecule has 1 aliphatic heterocycles. The first-order chi connectivity index (χ1) is 5.69. The standard InChI is InChI=1S/C7H9ClN2O2/c8-2-7(12)10-4-6(11)1-5(10)3-9/h5-6,11H,1-2,4H2. The molecule has 0 radical (unpaired) electrons. The van der Waals surface area contributed by atoms with Gasteiger partial charge in [-0.25, -0.2) is 0 Å². The Balaban J connectivity index is 2.65. The van der Waals surface area contributed by atoms with Gasteiger partial charge in [-0.05, 0) is 0 Å². The van der Waals surface area contributed by atoms with Crippen molar-refractivity contribution in [2.75, 3.05) is 12.4 Å². The summed E-state index contributed by atoms with van der Waals surface area (Å²) in [6.07, 6.45) is -0.249. The van der Waals surface area contributed by atoms with Crippen LogP contribution in [0.25, 0.3) is 0 Å². The van der Waals surface area contributed by atoms with Crippen molar-refractivity contribution in [3.8, 4) is 6.07 Å². The smallest absolute Gasteiger partial charge is 0.238 e. The Bertz CT molecular complexity index is 226. The molecule has 1 rings (SSSR count). The minimum atomic E-state index is -0.582. The normalized spacial score (nSPS) is 28.6. The first-order valence-corrected chi connectivity index (χ1v) is 4.15. The summed E-state index contributed by atoms with van der Waals surface area (Å²) in [6.45, 7) is 0.226. The van der Waals surface area contributed by atoms with Gasteiger partial charge in [0.05, 0.1) is 12.2 Å². The number of rotatable bonds is 1. The van der Waals surface area contributed by atoms with E-state index in [1.165, 1.54) is 4.90 Å². The number of nitrogens with zero attached hydrogens (tertiary/aromatic N) is 2. The number of hydrogen-bond acceptors (Lipinski definition) is 3. The van der Waals surface area contributed by atoms with Crippen LogP contribution in [0, 0.1) is 11.3 Å². The highest BCUT2D eigenvalue weighted by molar-refractivity contribution is 6.27. The second-order valence-electron chi connectivity index (χ2n) is 2.71. The molecule has 4 nitrogen and oxygen atoms in total. The number of carbonyl (C=O) groups is 1. The van der Waals surface area contributed by atoms with E-state index in [4.69, 9.17) is 22.0 Å². The molecule has 0 aromatic carbocycles. The molecule has 0 spiro atoms. The van der Waals surface area contributed by atoms with Crippen LogP contribution in [0.3, 0.4) is 0 Å². The van der Waals surface area contributed by atoms with E-state index >= 15 is 0 Å². The van der Waals surface area contributed by atoms with Gasteiger partial charge in [-0.3, -0.25) is 4.79 Å². The fraction of sp³-hybridized carbons (Fsp3) is 0.714. The second kappa shape index (κ2) is 3.74. The molecule has 1 N–H and O–H groups in total. The van der Waals surface area contributed by atoms with Crippen molar-refractivity contribution >= 4 is 17.5 Å². The summed E-state index contributed by atoms with van der Waals surface area (Å²) < 4.78 is 0. The van der Waals surface area contributed by atoms with Gasteiger partial charge in [-0.2, -0.15) is 5.26 Å². The van der Waals surface area contributed by atoms with E-state index in [1.54, 1.807) is 0 Å². The zero-order valence-corrected chi connectivity index (χ0v) is 7.16. The lowest BCUT2D eigenvalue weighted by molar-refractivity contribution is -0.128. The Hall–Kier alpha value is -0.790. The van der Waals surface area contributed by atoms with Gasteiger partial charge in [0.2, 0.25) is 5.91 Å². The molecule has 0 saturated carbocycles. The van der Waals surface area contributed by atoms with E-state index < -0.39 is 12.1 Å². The molecule has 1 fully saturated rings. The molecule has 1 amide bonds. The summed E-state index contributed by atoms with van der Waals surface area (Å²) in [6, 6.07) is 1.44. The Morgan fingerprint density at radius 2 is 2.50 bits per heavy atom. The van der Waals surface area contributed by atoms with Gasteiger partial charge in [-0.1, -0.05) is 0 Å². The van der Waals surface area contributed by atoms with E-state index in [-0.39, 0.29) is 18.3 Å². The molecule has 0 aromatic rings. The SMILES string of the molecule is N#CC1CC(O)CN1C(=O)CCl. The van der Waals surface area contributed by atoms with Gasteiger partial charge < -0.3 is 10.0 Å². The quantitative estimate of drug-likeness (QED) is 0.576. The van der Waals surface area contributed by atoms with E-state index in [9.17, 15) is 4.79 Å². The van der Waals surface area contributed by atoms with Crippen molar-refractivity contribution < 1.29 is 9.90 Å². The average molecular weight is 189 g/mol. The molecule has 2 unspecified atom stereocenters. The summed E-state index contributed by atoms with van der Waals surface area (Å²) in [7, 11) is 0. The zero-order valence-electron chi connectivity index (χ0n) is 6.40. The number of aliphatic hydroxyl groups is 1. The molecule has 1 saturated heterocycles. The van der Waals surface area contributed by atoms with Gasteiger partial charge in [0.1, 0.15) is 11.9 Å². The van der Waals surface area contributed by atoms with Crippen LogP contribution in [0.5, 0.6) is 0 Å². The third-order valence-electron chi connectivity index (χ3n) is 1.86. The molecular formula is C7H9ClN2O2. The minimum absolute atomic E-state index is 0.134. The highest BCUT2D eigenvalue weighted by Gasteiger charge is 2.33. The van der Waals surface area contributed by atoms with Crippen LogP contribution in [0.2, 0.25) is 0 Å². The minimum Gasteiger partial charge on any atom is -0.391 e. The average Bonchev–Trinajstić information content (AvgIpc) is 2.45. The monoisotopic (exact) mass is 188 g/mol. The van der Waals surface area contributed by atoms with Crippen molar-refractivity contribution in [3.63, 3.8) is 0 Å². The maximum atomic E-state index is 11.1. The van der Waals surface area contributed by atoms with Gasteiger partial charge in [0.15, 0.2) is 0 Å². The fourth-order valence-corrected chi connectivity index (χ4v) is 1.44. The molecule has 0 aliphatic carbocycles. The first-order valence-electron chi connectivity index (χ1n) is 3.62. The number of carbonyl (C=O) groups excluding carboxylic acids is 1. The maximum absolute atomic E-state index is 11.1. The van der Waals surface area contributed by atoms with E-state index in [0.29, 0.717) is 6.42 Å². The summed E-state index contributed by atoms with van der Waals surface area (Å²) in [5, 5.41) is 17.8. The molecule has 2 atom stereocenters. The highest BCUT2D eigenvalue weighted by Crippen LogP contribution is 2.17. The molecule has 12 heavy (non-hydrogen) atoms. The second-order valence-corrected chi connectivity index (χ2v) is 2.98. The summed E-state index contributed by atoms with van der Waals surface area (Å²) in [4.78, 5) is 12.4. The lowest BCUT2D eigenvalue weighted by Crippen LogP contribution is -2.36. The Morgan fingerprint density at radius 1 is 1.83 bits per heavy atom. The third-order valence-corrected chi connectivity index (χ3v) is 2.09. The van der Waals surface area contributed by atoms with Crippen molar-refractivity contribution in [1.82, 2.24) is 4.90 Å². The van der Waals surface area contributed by atoms with Crippen LogP contribution in [-0.2, 0) is 4.79 Å². The van der Waals surface area contributed by atoms with Crippen molar-refractivity contribution in [1.29, 1.82) is 5.26 Å². The van der Waals surface area contributed by atoms with Crippen LogP contribution in [0.15, 0.2) is 0 Å². The van der Waals surface area contributed by atoms with E-state index in [2.05, 4.69) is 0 Å². The first kappa shape index (κ1) is 9.30. The largest absolute Gasteiger partial charge is 0.391 e. The van der Waals surface area contributed by atoms with Gasteiger partial charge in [0.25, 0.3) is 0 Å². The summed E-state index contributed by atoms with van der Waals surface area (Å²) in [5.74, 6) is -0.426. The van der Waals surface area contributed by atoms with Crippen LogP contribution >= 0.6 is 11.6 Å². The molecular weight excluding hydrogens is 180 g/mol. The number of alkyl halides is 1. The number of nitriles is 1. The predicted molar refractivity (Wildman–Crippen MR) is 42.5 cm³/mol. The number of aliphatic hydroxyl groups excluding tert-OH is 1. The molecule has 0 bridgehead atoms. The fourth-order valence-electron chi connectivity index (χ4n) is 1.29. The van der Waals surface area contributed by atoms with Crippen LogP contribution in [0.4, 0.5) is 0 Å². The highest BCUT2D eigenvalue weighted by atomic mass is 35.5. The Morgan fingerprint density at radius 3 is 3.00 bits per heavy atom. The Labute approximate surface area is 75.3 Å². The van der Waals surface area contributed by atoms with Crippen molar-refractivity contribution in [2.24, 2.45) is 0 Å². The van der Waals surface area contributed by atoms with Gasteiger partial charge >= 0.3 is 0 Å². The van der Waals surface area contributed by atoms with Crippen LogP contribution in [0.1, 0.15) is 6.42 Å². The number of halogens is 1. The Kier molecular flexibility index (Phi) is 2.90. The molecule has 66 valence electrons. The predicted octanol–water partition coefficient (Wildman–Crippen LogP) is -0.289. The van der Waals surface area contributed by atoms with E-state index in [1.807, 2.05) is 6.07 Å². The number of hydrogen-bond donors (Lipinski definition) is 1. The molecule has 1 aliphatic rings. The number of likely N-dealkylation sites (tertiary alicyclic amines) is 1. The van der Waals surface area contributed by atoms with Crippen molar-refractivity contribution in [2.45, 2.75) is 18.6 Å². The number of amides is 1. The lowest BCUT2D eigenvalue weighted by Gasteiger charge is -2.17.